The number of carbonyl (C=O) groups excluding carboxylic acids is 1. The van der Waals surface area contributed by atoms with E-state index in [1.165, 1.54) is 28.7 Å². The molecule has 0 bridgehead atoms. The zero-order chi connectivity index (χ0) is 19.1. The van der Waals surface area contributed by atoms with Crippen molar-refractivity contribution >= 4 is 34.1 Å². The number of benzene rings is 2. The molecule has 0 aliphatic carbocycles. The molecule has 0 aliphatic rings. The first-order valence-corrected chi connectivity index (χ1v) is 10.4. The molecule has 0 saturated carbocycles. The third-order valence-electron chi connectivity index (χ3n) is 3.96. The van der Waals surface area contributed by atoms with Gasteiger partial charge in [-0.1, -0.05) is 83.8 Å². The molecule has 0 aliphatic heterocycles. The zero-order valence-electron chi connectivity index (χ0n) is 15.3. The van der Waals surface area contributed by atoms with Gasteiger partial charge in [-0.3, -0.25) is 4.79 Å². The number of carbonyl (C=O) groups is 1. The van der Waals surface area contributed by atoms with Gasteiger partial charge in [-0.25, -0.2) is 0 Å². The topological polar surface area (TPSA) is 58.1 Å². The van der Waals surface area contributed by atoms with Gasteiger partial charge >= 0.3 is 0 Å². The second kappa shape index (κ2) is 9.53. The molecule has 1 amide bonds. The monoisotopic (exact) mass is 398 g/mol. The standard InChI is InChI=1S/C20H22N4OS2/c1-15(18(25)24(2)14-17-11-7-4-8-12-17)26-20-23-22-19(27-20)21-13-16-9-5-3-6-10-16/h3-12,15H,13-14H2,1-2H3,(H,21,22)/t15-/m0/s1. The highest BCUT2D eigenvalue weighted by Crippen LogP contribution is 2.30. The summed E-state index contributed by atoms with van der Waals surface area (Å²) < 4.78 is 0.791. The van der Waals surface area contributed by atoms with Crippen molar-refractivity contribution < 1.29 is 4.79 Å². The predicted molar refractivity (Wildman–Crippen MR) is 112 cm³/mol. The molecule has 0 saturated heterocycles. The van der Waals surface area contributed by atoms with Crippen LogP contribution in [0.15, 0.2) is 65.0 Å². The summed E-state index contributed by atoms with van der Waals surface area (Å²) in [7, 11) is 1.83. The average molecular weight is 399 g/mol. The van der Waals surface area contributed by atoms with Gasteiger partial charge in [0.15, 0.2) is 4.34 Å². The van der Waals surface area contributed by atoms with Crippen molar-refractivity contribution in [3.63, 3.8) is 0 Å². The highest BCUT2D eigenvalue weighted by atomic mass is 32.2. The van der Waals surface area contributed by atoms with Gasteiger partial charge in [0, 0.05) is 20.1 Å². The van der Waals surface area contributed by atoms with Crippen LogP contribution in [0.5, 0.6) is 0 Å². The number of rotatable bonds is 8. The molecule has 2 aromatic carbocycles. The van der Waals surface area contributed by atoms with Crippen molar-refractivity contribution in [3.8, 4) is 0 Å². The maximum atomic E-state index is 12.6. The number of amides is 1. The van der Waals surface area contributed by atoms with Crippen molar-refractivity contribution in [1.29, 1.82) is 0 Å². The highest BCUT2D eigenvalue weighted by Gasteiger charge is 2.20. The van der Waals surface area contributed by atoms with E-state index in [2.05, 4.69) is 27.6 Å². The number of hydrogen-bond donors (Lipinski definition) is 1. The van der Waals surface area contributed by atoms with Gasteiger partial charge in [0.05, 0.1) is 5.25 Å². The van der Waals surface area contributed by atoms with Crippen LogP contribution in [0.1, 0.15) is 18.1 Å². The minimum Gasteiger partial charge on any atom is -0.356 e. The quantitative estimate of drug-likeness (QED) is 0.574. The first-order valence-electron chi connectivity index (χ1n) is 8.68. The van der Waals surface area contributed by atoms with E-state index in [0.717, 1.165) is 15.0 Å². The molecule has 0 spiro atoms. The SMILES string of the molecule is C[C@H](Sc1nnc(NCc2ccccc2)s1)C(=O)N(C)Cc1ccccc1. The van der Waals surface area contributed by atoms with Crippen LogP contribution in [0.3, 0.4) is 0 Å². The Morgan fingerprint density at radius 3 is 2.37 bits per heavy atom. The number of aromatic nitrogens is 2. The second-order valence-corrected chi connectivity index (χ2v) is 8.72. The van der Waals surface area contributed by atoms with Gasteiger partial charge in [-0.05, 0) is 18.1 Å². The van der Waals surface area contributed by atoms with Crippen LogP contribution < -0.4 is 5.32 Å². The van der Waals surface area contributed by atoms with Crippen molar-refractivity contribution in [3.05, 3.63) is 71.8 Å². The molecular formula is C20H22N4OS2. The molecule has 3 rings (SSSR count). The number of nitrogens with one attached hydrogen (secondary N) is 1. The lowest BCUT2D eigenvalue weighted by atomic mass is 10.2. The largest absolute Gasteiger partial charge is 0.356 e. The molecule has 7 heteroatoms. The molecule has 1 heterocycles. The summed E-state index contributed by atoms with van der Waals surface area (Å²) in [6, 6.07) is 20.1. The molecular weight excluding hydrogens is 376 g/mol. The summed E-state index contributed by atoms with van der Waals surface area (Å²) in [6.07, 6.45) is 0. The van der Waals surface area contributed by atoms with Crippen molar-refractivity contribution in [1.82, 2.24) is 15.1 Å². The fourth-order valence-electron chi connectivity index (χ4n) is 2.55. The number of anilines is 1. The second-order valence-electron chi connectivity index (χ2n) is 6.15. The van der Waals surface area contributed by atoms with Gasteiger partial charge in [-0.2, -0.15) is 0 Å². The fourth-order valence-corrected chi connectivity index (χ4v) is 4.56. The molecule has 0 fully saturated rings. The Balaban J connectivity index is 1.50. The van der Waals surface area contributed by atoms with E-state index in [-0.39, 0.29) is 11.2 Å². The molecule has 140 valence electrons. The molecule has 1 N–H and O–H groups in total. The van der Waals surface area contributed by atoms with E-state index in [4.69, 9.17) is 0 Å². The van der Waals surface area contributed by atoms with Gasteiger partial charge in [-0.15, -0.1) is 10.2 Å². The molecule has 3 aromatic rings. The first kappa shape index (κ1) is 19.4. The van der Waals surface area contributed by atoms with Gasteiger partial charge < -0.3 is 10.2 Å². The summed E-state index contributed by atoms with van der Waals surface area (Å²) >= 11 is 2.92. The summed E-state index contributed by atoms with van der Waals surface area (Å²) in [5.74, 6) is 0.0813. The first-order chi connectivity index (χ1) is 13.1. The Morgan fingerprint density at radius 2 is 1.70 bits per heavy atom. The Labute approximate surface area is 167 Å². The van der Waals surface area contributed by atoms with E-state index in [1.807, 2.05) is 62.5 Å². The third-order valence-corrected chi connectivity index (χ3v) is 6.01. The zero-order valence-corrected chi connectivity index (χ0v) is 17.0. The molecule has 1 atom stereocenters. The molecule has 5 nitrogen and oxygen atoms in total. The Hall–Kier alpha value is -2.38. The molecule has 0 radical (unpaired) electrons. The number of hydrogen-bond acceptors (Lipinski definition) is 6. The summed E-state index contributed by atoms with van der Waals surface area (Å²) in [4.78, 5) is 14.4. The molecule has 1 aromatic heterocycles. The van der Waals surface area contributed by atoms with Crippen molar-refractivity contribution in [2.24, 2.45) is 0 Å². The lowest BCUT2D eigenvalue weighted by Crippen LogP contribution is -2.32. The predicted octanol–water partition coefficient (Wildman–Crippen LogP) is 4.29. The number of thioether (sulfide) groups is 1. The highest BCUT2D eigenvalue weighted by molar-refractivity contribution is 8.02. The van der Waals surface area contributed by atoms with Gasteiger partial charge in [0.25, 0.3) is 0 Å². The van der Waals surface area contributed by atoms with Crippen LogP contribution >= 0.6 is 23.1 Å². The summed E-state index contributed by atoms with van der Waals surface area (Å²) in [6.45, 7) is 3.21. The van der Waals surface area contributed by atoms with E-state index >= 15 is 0 Å². The lowest BCUT2D eigenvalue weighted by molar-refractivity contribution is -0.129. The maximum absolute atomic E-state index is 12.6. The van der Waals surface area contributed by atoms with Crippen molar-refractivity contribution in [2.75, 3.05) is 12.4 Å². The summed E-state index contributed by atoms with van der Waals surface area (Å²) in [5.41, 5.74) is 2.31. The lowest BCUT2D eigenvalue weighted by Gasteiger charge is -2.20. The van der Waals surface area contributed by atoms with Crippen LogP contribution in [0.25, 0.3) is 0 Å². The van der Waals surface area contributed by atoms with Crippen LogP contribution in [0.4, 0.5) is 5.13 Å². The van der Waals surface area contributed by atoms with Gasteiger partial charge in [0.1, 0.15) is 0 Å². The smallest absolute Gasteiger partial charge is 0.235 e. The minimum atomic E-state index is -0.214. The van der Waals surface area contributed by atoms with Crippen LogP contribution in [0, 0.1) is 0 Å². The van der Waals surface area contributed by atoms with E-state index in [9.17, 15) is 4.79 Å². The van der Waals surface area contributed by atoms with Crippen LogP contribution in [0.2, 0.25) is 0 Å². The van der Waals surface area contributed by atoms with Crippen molar-refractivity contribution in [2.45, 2.75) is 29.6 Å². The van der Waals surface area contributed by atoms with E-state index in [1.54, 1.807) is 4.90 Å². The Kier molecular flexibility index (Phi) is 6.84. The third kappa shape index (κ3) is 5.80. The van der Waals surface area contributed by atoms with Crippen LogP contribution in [-0.4, -0.2) is 33.3 Å². The van der Waals surface area contributed by atoms with Gasteiger partial charge in [0.2, 0.25) is 11.0 Å². The number of nitrogens with zero attached hydrogens (tertiary/aromatic N) is 3. The average Bonchev–Trinajstić information content (AvgIpc) is 3.14. The van der Waals surface area contributed by atoms with E-state index in [0.29, 0.717) is 13.1 Å². The molecule has 0 unspecified atom stereocenters. The van der Waals surface area contributed by atoms with E-state index < -0.39 is 0 Å². The molecule has 27 heavy (non-hydrogen) atoms. The Bertz CT molecular complexity index is 855. The minimum absolute atomic E-state index is 0.0813. The maximum Gasteiger partial charge on any atom is 0.235 e. The summed E-state index contributed by atoms with van der Waals surface area (Å²) in [5, 5.41) is 12.2. The fraction of sp³-hybridized carbons (Fsp3) is 0.250. The Morgan fingerprint density at radius 1 is 1.07 bits per heavy atom. The normalized spacial score (nSPS) is 11.8. The van der Waals surface area contributed by atoms with Crippen LogP contribution in [-0.2, 0) is 17.9 Å².